The molecule has 2 rings (SSSR count). The van der Waals surface area contributed by atoms with E-state index in [1.54, 1.807) is 13.0 Å². The third-order valence-corrected chi connectivity index (χ3v) is 2.60. The third kappa shape index (κ3) is 3.66. The van der Waals surface area contributed by atoms with E-state index in [4.69, 9.17) is 0 Å². The standard InChI is InChI=1S/C15H11BF3/c1-12-9-14(11-15(10-12)16(17,18)19)8-7-13-5-3-2-4-6-13/h2-6,9-11H,1H3/q-1. The molecule has 4 heteroatoms. The first-order valence-corrected chi connectivity index (χ1v) is 5.84. The molecule has 2 aromatic rings. The van der Waals surface area contributed by atoms with E-state index in [0.29, 0.717) is 11.1 Å². The highest BCUT2D eigenvalue weighted by atomic mass is 19.4. The van der Waals surface area contributed by atoms with E-state index in [-0.39, 0.29) is 0 Å². The number of hydrogen-bond acceptors (Lipinski definition) is 0. The Morgan fingerprint density at radius 3 is 2.11 bits per heavy atom. The van der Waals surface area contributed by atoms with E-state index in [0.717, 1.165) is 17.7 Å². The molecule has 0 saturated heterocycles. The van der Waals surface area contributed by atoms with Gasteiger partial charge >= 0.3 is 6.98 Å². The summed E-state index contributed by atoms with van der Waals surface area (Å²) >= 11 is 0. The number of hydrogen-bond donors (Lipinski definition) is 0. The van der Waals surface area contributed by atoms with Crippen LogP contribution in [0.25, 0.3) is 0 Å². The Hall–Kier alpha value is -2.15. The van der Waals surface area contributed by atoms with Gasteiger partial charge in [0.15, 0.2) is 0 Å². The summed E-state index contributed by atoms with van der Waals surface area (Å²) in [5, 5.41) is 0. The van der Waals surface area contributed by atoms with Crippen LogP contribution in [0.3, 0.4) is 0 Å². The molecule has 0 spiro atoms. The topological polar surface area (TPSA) is 0 Å². The highest BCUT2D eigenvalue weighted by Gasteiger charge is 2.25. The van der Waals surface area contributed by atoms with Gasteiger partial charge in [-0.25, -0.2) is 0 Å². The second kappa shape index (κ2) is 5.23. The Morgan fingerprint density at radius 2 is 1.47 bits per heavy atom. The summed E-state index contributed by atoms with van der Waals surface area (Å²) in [5.41, 5.74) is 1.13. The molecule has 0 bridgehead atoms. The van der Waals surface area contributed by atoms with Crippen molar-refractivity contribution in [2.24, 2.45) is 0 Å². The molecule has 0 aliphatic heterocycles. The lowest BCUT2D eigenvalue weighted by atomic mass is 9.78. The van der Waals surface area contributed by atoms with E-state index in [1.165, 1.54) is 0 Å². The average Bonchev–Trinajstić information content (AvgIpc) is 2.36. The smallest absolute Gasteiger partial charge is 0.445 e. The Kier molecular flexibility index (Phi) is 3.66. The number of aryl methyl sites for hydroxylation is 1. The highest BCUT2D eigenvalue weighted by molar-refractivity contribution is 6.73. The molecule has 0 N–H and O–H groups in total. The van der Waals surface area contributed by atoms with E-state index in [9.17, 15) is 12.9 Å². The molecule has 0 fully saturated rings. The normalized spacial score (nSPS) is 10.7. The second-order valence-electron chi connectivity index (χ2n) is 4.32. The zero-order valence-corrected chi connectivity index (χ0v) is 10.3. The largest absolute Gasteiger partial charge is 0.509 e. The summed E-state index contributed by atoms with van der Waals surface area (Å²) < 4.78 is 38.2. The van der Waals surface area contributed by atoms with Gasteiger partial charge in [-0.15, -0.1) is 5.46 Å². The predicted octanol–water partition coefficient (Wildman–Crippen LogP) is 3.45. The number of benzene rings is 2. The molecule has 19 heavy (non-hydrogen) atoms. The van der Waals surface area contributed by atoms with E-state index >= 15 is 0 Å². The van der Waals surface area contributed by atoms with Gasteiger partial charge in [0, 0.05) is 11.1 Å². The second-order valence-corrected chi connectivity index (χ2v) is 4.32. The summed E-state index contributed by atoms with van der Waals surface area (Å²) in [5.74, 6) is 5.63. The maximum atomic E-state index is 12.7. The maximum Gasteiger partial charge on any atom is 0.509 e. The first-order valence-electron chi connectivity index (χ1n) is 5.84. The molecular weight excluding hydrogens is 248 g/mol. The van der Waals surface area contributed by atoms with Gasteiger partial charge < -0.3 is 12.9 Å². The Bertz CT molecular complexity index is 634. The molecule has 0 radical (unpaired) electrons. The molecule has 0 unspecified atom stereocenters. The fourth-order valence-corrected chi connectivity index (χ4v) is 1.74. The lowest BCUT2D eigenvalue weighted by Crippen LogP contribution is -2.34. The van der Waals surface area contributed by atoms with Crippen LogP contribution >= 0.6 is 0 Å². The molecule has 0 aliphatic carbocycles. The molecule has 0 aromatic heterocycles. The summed E-state index contributed by atoms with van der Waals surface area (Å²) in [6, 6.07) is 13.1. The van der Waals surface area contributed by atoms with Crippen molar-refractivity contribution in [3.05, 3.63) is 65.2 Å². The van der Waals surface area contributed by atoms with Crippen LogP contribution in [-0.2, 0) is 0 Å². The average molecular weight is 259 g/mol. The van der Waals surface area contributed by atoms with Crippen LogP contribution < -0.4 is 5.46 Å². The summed E-state index contributed by atoms with van der Waals surface area (Å²) in [4.78, 5) is 0. The van der Waals surface area contributed by atoms with E-state index < -0.39 is 12.4 Å². The van der Waals surface area contributed by atoms with Gasteiger partial charge in [0.05, 0.1) is 0 Å². The van der Waals surface area contributed by atoms with Gasteiger partial charge in [0.1, 0.15) is 0 Å². The van der Waals surface area contributed by atoms with Crippen LogP contribution in [0.4, 0.5) is 12.9 Å². The predicted molar refractivity (Wildman–Crippen MR) is 72.3 cm³/mol. The zero-order chi connectivity index (χ0) is 13.9. The van der Waals surface area contributed by atoms with Crippen LogP contribution in [0, 0.1) is 18.8 Å². The van der Waals surface area contributed by atoms with Gasteiger partial charge in [0.25, 0.3) is 0 Å². The molecule has 2 aromatic carbocycles. The quantitative estimate of drug-likeness (QED) is 0.543. The maximum absolute atomic E-state index is 12.7. The summed E-state index contributed by atoms with van der Waals surface area (Å²) in [7, 11) is 0. The lowest BCUT2D eigenvalue weighted by molar-refractivity contribution is 0.501. The molecule has 0 atom stereocenters. The Balaban J connectivity index is 2.37. The van der Waals surface area contributed by atoms with Gasteiger partial charge in [-0.3, -0.25) is 0 Å². The van der Waals surface area contributed by atoms with Crippen LogP contribution in [0.1, 0.15) is 16.7 Å². The SMILES string of the molecule is Cc1cc(C#Cc2ccccc2)cc([B-](F)(F)F)c1. The van der Waals surface area contributed by atoms with Crippen LogP contribution in [0.5, 0.6) is 0 Å². The number of rotatable bonds is 1. The first kappa shape index (κ1) is 13.3. The highest BCUT2D eigenvalue weighted by Crippen LogP contribution is 2.12. The summed E-state index contributed by atoms with van der Waals surface area (Å²) in [6.07, 6.45) is 0. The fourth-order valence-electron chi connectivity index (χ4n) is 1.74. The summed E-state index contributed by atoms with van der Waals surface area (Å²) in [6.45, 7) is -3.35. The zero-order valence-electron chi connectivity index (χ0n) is 10.3. The van der Waals surface area contributed by atoms with Crippen LogP contribution in [0.2, 0.25) is 0 Å². The molecule has 96 valence electrons. The third-order valence-electron chi connectivity index (χ3n) is 2.60. The van der Waals surface area contributed by atoms with Crippen molar-refractivity contribution < 1.29 is 12.9 Å². The Morgan fingerprint density at radius 1 is 0.842 bits per heavy atom. The Labute approximate surface area is 110 Å². The first-order chi connectivity index (χ1) is 8.95. The van der Waals surface area contributed by atoms with Crippen molar-refractivity contribution in [1.82, 2.24) is 0 Å². The fraction of sp³-hybridized carbons (Fsp3) is 0.0667. The minimum absolute atomic E-state index is 0.387. The van der Waals surface area contributed by atoms with Crippen molar-refractivity contribution in [2.45, 2.75) is 6.92 Å². The molecule has 0 heterocycles. The van der Waals surface area contributed by atoms with E-state index in [2.05, 4.69) is 11.8 Å². The van der Waals surface area contributed by atoms with Crippen molar-refractivity contribution in [3.63, 3.8) is 0 Å². The lowest BCUT2D eigenvalue weighted by Gasteiger charge is -2.15. The molecular formula is C15H11BF3-. The van der Waals surface area contributed by atoms with Gasteiger partial charge in [-0.1, -0.05) is 47.7 Å². The van der Waals surface area contributed by atoms with Crippen molar-refractivity contribution >= 4 is 12.4 Å². The van der Waals surface area contributed by atoms with Crippen molar-refractivity contribution in [3.8, 4) is 11.8 Å². The van der Waals surface area contributed by atoms with Gasteiger partial charge in [-0.2, -0.15) is 0 Å². The van der Waals surface area contributed by atoms with Crippen LogP contribution in [-0.4, -0.2) is 6.98 Å². The molecule has 0 nitrogen and oxygen atoms in total. The monoisotopic (exact) mass is 259 g/mol. The van der Waals surface area contributed by atoms with Gasteiger partial charge in [-0.05, 0) is 25.1 Å². The molecule has 0 amide bonds. The number of halogens is 3. The van der Waals surface area contributed by atoms with Gasteiger partial charge in [0.2, 0.25) is 0 Å². The van der Waals surface area contributed by atoms with Crippen LogP contribution in [0.15, 0.2) is 48.5 Å². The molecule has 0 aliphatic rings. The van der Waals surface area contributed by atoms with E-state index in [1.807, 2.05) is 30.3 Å². The molecule has 0 saturated carbocycles. The van der Waals surface area contributed by atoms with Crippen molar-refractivity contribution in [2.75, 3.05) is 0 Å². The minimum atomic E-state index is -4.98. The van der Waals surface area contributed by atoms with Crippen molar-refractivity contribution in [1.29, 1.82) is 0 Å². The minimum Gasteiger partial charge on any atom is -0.445 e.